The first-order valence-electron chi connectivity index (χ1n) is 9.10. The van der Waals surface area contributed by atoms with Crippen LogP contribution in [0.3, 0.4) is 0 Å². The van der Waals surface area contributed by atoms with Gasteiger partial charge in [-0.05, 0) is 49.7 Å². The van der Waals surface area contributed by atoms with E-state index in [4.69, 9.17) is 14.5 Å². The van der Waals surface area contributed by atoms with E-state index >= 15 is 0 Å². The molecule has 1 aliphatic rings. The summed E-state index contributed by atoms with van der Waals surface area (Å²) in [6.45, 7) is 5.37. The minimum absolute atomic E-state index is 0.299. The highest BCUT2D eigenvalue weighted by molar-refractivity contribution is 7.13. The molecule has 140 valence electrons. The van der Waals surface area contributed by atoms with Crippen molar-refractivity contribution < 1.29 is 9.47 Å². The van der Waals surface area contributed by atoms with E-state index in [9.17, 15) is 0 Å². The topological polar surface area (TPSA) is 49.2 Å². The molecular weight excluding hydrogens is 370 g/mol. The monoisotopic (exact) mass is 389 g/mol. The standard InChI is InChI=1S/C22H19N3O2S/c1-14-8-18(19-12-28-22(24-19)17-4-3-7-23-10-17)15(2)25(14)11-16-5-6-20-21(9-16)27-13-26-20/h3-10,12H,11,13H2,1-2H3. The van der Waals surface area contributed by atoms with Gasteiger partial charge in [-0.2, -0.15) is 0 Å². The van der Waals surface area contributed by atoms with Crippen LogP contribution in [0.1, 0.15) is 17.0 Å². The number of rotatable bonds is 4. The van der Waals surface area contributed by atoms with E-state index in [2.05, 4.69) is 47.0 Å². The first kappa shape index (κ1) is 17.0. The van der Waals surface area contributed by atoms with Crippen LogP contribution in [0.25, 0.3) is 21.8 Å². The van der Waals surface area contributed by atoms with Gasteiger partial charge in [-0.25, -0.2) is 4.98 Å². The van der Waals surface area contributed by atoms with E-state index in [1.54, 1.807) is 17.5 Å². The summed E-state index contributed by atoms with van der Waals surface area (Å²) in [5, 5.41) is 3.11. The largest absolute Gasteiger partial charge is 0.454 e. The fourth-order valence-corrected chi connectivity index (χ4v) is 4.36. The van der Waals surface area contributed by atoms with Gasteiger partial charge in [-0.3, -0.25) is 4.98 Å². The van der Waals surface area contributed by atoms with Gasteiger partial charge in [-0.1, -0.05) is 6.07 Å². The van der Waals surface area contributed by atoms with Crippen molar-refractivity contribution in [3.05, 3.63) is 71.1 Å². The molecule has 0 aliphatic carbocycles. The second-order valence-electron chi connectivity index (χ2n) is 6.84. The molecule has 4 aromatic rings. The predicted octanol–water partition coefficient (Wildman–Crippen LogP) is 5.07. The third-order valence-corrected chi connectivity index (χ3v) is 5.93. The highest BCUT2D eigenvalue weighted by Crippen LogP contribution is 2.34. The predicted molar refractivity (Wildman–Crippen MR) is 110 cm³/mol. The first-order chi connectivity index (χ1) is 13.7. The summed E-state index contributed by atoms with van der Waals surface area (Å²) in [6.07, 6.45) is 3.63. The minimum Gasteiger partial charge on any atom is -0.454 e. The Morgan fingerprint density at radius 1 is 1.11 bits per heavy atom. The van der Waals surface area contributed by atoms with Gasteiger partial charge in [0, 0.05) is 46.8 Å². The number of fused-ring (bicyclic) bond motifs is 1. The molecule has 0 spiro atoms. The molecule has 5 rings (SSSR count). The van der Waals surface area contributed by atoms with Gasteiger partial charge >= 0.3 is 0 Å². The van der Waals surface area contributed by atoms with Crippen molar-refractivity contribution in [1.82, 2.24) is 14.5 Å². The molecule has 0 N–H and O–H groups in total. The average molecular weight is 389 g/mol. The maximum atomic E-state index is 5.51. The molecule has 0 bridgehead atoms. The lowest BCUT2D eigenvalue weighted by Gasteiger charge is -2.10. The Morgan fingerprint density at radius 3 is 2.86 bits per heavy atom. The van der Waals surface area contributed by atoms with Gasteiger partial charge in [0.1, 0.15) is 5.01 Å². The number of hydrogen-bond donors (Lipinski definition) is 0. The van der Waals surface area contributed by atoms with Crippen LogP contribution in [0.5, 0.6) is 11.5 Å². The number of thiazole rings is 1. The van der Waals surface area contributed by atoms with Crippen LogP contribution < -0.4 is 9.47 Å². The molecule has 1 aromatic carbocycles. The number of hydrogen-bond acceptors (Lipinski definition) is 5. The smallest absolute Gasteiger partial charge is 0.231 e. The third kappa shape index (κ3) is 2.96. The lowest BCUT2D eigenvalue weighted by Crippen LogP contribution is -2.04. The fourth-order valence-electron chi connectivity index (χ4n) is 3.54. The highest BCUT2D eigenvalue weighted by Gasteiger charge is 2.17. The summed E-state index contributed by atoms with van der Waals surface area (Å²) in [7, 11) is 0. The summed E-state index contributed by atoms with van der Waals surface area (Å²) in [4.78, 5) is 9.04. The Balaban J connectivity index is 1.46. The normalized spacial score (nSPS) is 12.5. The zero-order valence-electron chi connectivity index (χ0n) is 15.7. The number of ether oxygens (including phenoxy) is 2. The zero-order valence-corrected chi connectivity index (χ0v) is 16.5. The van der Waals surface area contributed by atoms with Crippen LogP contribution in [0.15, 0.2) is 54.2 Å². The molecule has 1 aliphatic heterocycles. The maximum absolute atomic E-state index is 5.51. The van der Waals surface area contributed by atoms with Crippen molar-refractivity contribution >= 4 is 11.3 Å². The van der Waals surface area contributed by atoms with Gasteiger partial charge < -0.3 is 14.0 Å². The number of nitrogens with zero attached hydrogens (tertiary/aromatic N) is 3. The van der Waals surface area contributed by atoms with Crippen LogP contribution >= 0.6 is 11.3 Å². The molecule has 0 unspecified atom stereocenters. The van der Waals surface area contributed by atoms with Gasteiger partial charge in [0.15, 0.2) is 11.5 Å². The number of aryl methyl sites for hydroxylation is 1. The van der Waals surface area contributed by atoms with Crippen LogP contribution in [-0.4, -0.2) is 21.3 Å². The van der Waals surface area contributed by atoms with Gasteiger partial charge in [0.2, 0.25) is 6.79 Å². The van der Waals surface area contributed by atoms with Crippen LogP contribution in [-0.2, 0) is 6.54 Å². The average Bonchev–Trinajstić information content (AvgIpc) is 3.44. The van der Waals surface area contributed by atoms with Crippen molar-refractivity contribution in [3.8, 4) is 33.3 Å². The molecule has 0 atom stereocenters. The molecule has 28 heavy (non-hydrogen) atoms. The first-order valence-corrected chi connectivity index (χ1v) is 9.98. The van der Waals surface area contributed by atoms with Gasteiger partial charge in [0.05, 0.1) is 5.69 Å². The molecule has 5 nitrogen and oxygen atoms in total. The third-order valence-electron chi connectivity index (χ3n) is 5.04. The van der Waals surface area contributed by atoms with Crippen molar-refractivity contribution in [3.63, 3.8) is 0 Å². The molecule has 0 fully saturated rings. The number of aromatic nitrogens is 3. The Labute approximate surface area is 167 Å². The number of pyridine rings is 1. The minimum atomic E-state index is 0.299. The molecular formula is C22H19N3O2S. The quantitative estimate of drug-likeness (QED) is 0.489. The summed E-state index contributed by atoms with van der Waals surface area (Å²) in [5.74, 6) is 1.64. The number of benzene rings is 1. The van der Waals surface area contributed by atoms with Crippen LogP contribution in [0.4, 0.5) is 0 Å². The Kier molecular flexibility index (Phi) is 4.13. The van der Waals surface area contributed by atoms with Crippen LogP contribution in [0, 0.1) is 13.8 Å². The molecule has 4 heterocycles. The van der Waals surface area contributed by atoms with Crippen LogP contribution in [0.2, 0.25) is 0 Å². The molecule has 3 aromatic heterocycles. The molecule has 0 radical (unpaired) electrons. The van der Waals surface area contributed by atoms with E-state index in [0.29, 0.717) is 6.79 Å². The maximum Gasteiger partial charge on any atom is 0.231 e. The van der Waals surface area contributed by atoms with Crippen molar-refractivity contribution in [2.75, 3.05) is 6.79 Å². The summed E-state index contributed by atoms with van der Waals surface area (Å²) in [6, 6.07) is 12.3. The summed E-state index contributed by atoms with van der Waals surface area (Å²) < 4.78 is 13.2. The lowest BCUT2D eigenvalue weighted by molar-refractivity contribution is 0.174. The molecule has 0 saturated heterocycles. The fraction of sp³-hybridized carbons (Fsp3) is 0.182. The van der Waals surface area contributed by atoms with E-state index in [1.807, 2.05) is 24.4 Å². The Hall–Kier alpha value is -3.12. The molecule has 6 heteroatoms. The van der Waals surface area contributed by atoms with Gasteiger partial charge in [-0.15, -0.1) is 11.3 Å². The van der Waals surface area contributed by atoms with Crippen molar-refractivity contribution in [1.29, 1.82) is 0 Å². The summed E-state index contributed by atoms with van der Waals surface area (Å²) >= 11 is 1.65. The Morgan fingerprint density at radius 2 is 2.00 bits per heavy atom. The SMILES string of the molecule is Cc1cc(-c2csc(-c3cccnc3)n2)c(C)n1Cc1ccc2c(c1)OCO2. The Bertz CT molecular complexity index is 1150. The second kappa shape index (κ2) is 6.80. The van der Waals surface area contributed by atoms with E-state index < -0.39 is 0 Å². The van der Waals surface area contributed by atoms with Crippen molar-refractivity contribution in [2.24, 2.45) is 0 Å². The molecule has 0 amide bonds. The zero-order chi connectivity index (χ0) is 19.1. The summed E-state index contributed by atoms with van der Waals surface area (Å²) in [5.41, 5.74) is 6.83. The molecule has 0 saturated carbocycles. The van der Waals surface area contributed by atoms with Crippen molar-refractivity contribution in [2.45, 2.75) is 20.4 Å². The van der Waals surface area contributed by atoms with E-state index in [0.717, 1.165) is 34.3 Å². The van der Waals surface area contributed by atoms with E-state index in [1.165, 1.54) is 22.5 Å². The second-order valence-corrected chi connectivity index (χ2v) is 7.70. The lowest BCUT2D eigenvalue weighted by atomic mass is 10.2. The van der Waals surface area contributed by atoms with Gasteiger partial charge in [0.25, 0.3) is 0 Å². The highest BCUT2D eigenvalue weighted by atomic mass is 32.1. The van der Waals surface area contributed by atoms with E-state index in [-0.39, 0.29) is 0 Å².